The Morgan fingerprint density at radius 2 is 1.86 bits per heavy atom. The molecule has 0 radical (unpaired) electrons. The van der Waals surface area contributed by atoms with Crippen LogP contribution in [0.5, 0.6) is 0 Å². The number of ether oxygens (including phenoxy) is 1. The third-order valence-corrected chi connectivity index (χ3v) is 5.65. The van der Waals surface area contributed by atoms with Crippen LogP contribution in [0.3, 0.4) is 0 Å². The largest absolute Gasteiger partial charge is 0.476 e. The average Bonchev–Trinajstić information content (AvgIpc) is 3.43. The van der Waals surface area contributed by atoms with E-state index in [0.717, 1.165) is 4.68 Å². The smallest absolute Gasteiger partial charge is 0.410 e. The summed E-state index contributed by atoms with van der Waals surface area (Å²) in [7, 11) is 0. The minimum atomic E-state index is -1.26. The fourth-order valence-corrected chi connectivity index (χ4v) is 4.07. The maximum Gasteiger partial charge on any atom is 0.410 e. The molecule has 4 N–H and O–H groups in total. The number of nitrogens with one attached hydrogen (secondary N) is 1. The predicted molar refractivity (Wildman–Crippen MR) is 132 cm³/mol. The molecule has 1 aliphatic heterocycles. The molecule has 1 aromatic carbocycles. The highest BCUT2D eigenvalue weighted by Gasteiger charge is 2.37. The second-order valence-corrected chi connectivity index (χ2v) is 9.42. The number of carbonyl (C=O) groups excluding carboxylic acids is 2. The molecule has 3 aromatic rings. The number of amides is 2. The third-order valence-electron chi connectivity index (χ3n) is 5.65. The topological polar surface area (TPSA) is 153 Å². The molecule has 11 heteroatoms. The number of pyridine rings is 1. The molecule has 0 spiro atoms. The van der Waals surface area contributed by atoms with Gasteiger partial charge in [-0.15, -0.1) is 0 Å². The van der Waals surface area contributed by atoms with Crippen molar-refractivity contribution in [2.75, 3.05) is 17.7 Å². The van der Waals surface area contributed by atoms with Crippen LogP contribution in [-0.4, -0.2) is 54.8 Å². The maximum absolute atomic E-state index is 12.8. The molecule has 1 saturated heterocycles. The van der Waals surface area contributed by atoms with Gasteiger partial charge in [0.25, 0.3) is 5.91 Å². The first kappa shape index (κ1) is 24.7. The fraction of sp³-hybridized carbons (Fsp3) is 0.320. The summed E-state index contributed by atoms with van der Waals surface area (Å²) in [6.07, 6.45) is 2.34. The number of benzene rings is 1. The second kappa shape index (κ2) is 9.68. The van der Waals surface area contributed by atoms with Gasteiger partial charge in [0.2, 0.25) is 0 Å². The van der Waals surface area contributed by atoms with Crippen LogP contribution in [0.4, 0.5) is 10.6 Å². The number of likely N-dealkylation sites (tertiary alicyclic amines) is 1. The van der Waals surface area contributed by atoms with Gasteiger partial charge < -0.3 is 21.0 Å². The highest BCUT2D eigenvalue weighted by molar-refractivity contribution is 6.04. The molecule has 1 atom stereocenters. The number of carbonyl (C=O) groups is 3. The Kier molecular flexibility index (Phi) is 6.65. The van der Waals surface area contributed by atoms with Crippen molar-refractivity contribution in [3.8, 4) is 11.3 Å². The lowest BCUT2D eigenvalue weighted by Gasteiger charge is -2.28. The summed E-state index contributed by atoms with van der Waals surface area (Å²) >= 11 is 0. The van der Waals surface area contributed by atoms with E-state index in [2.05, 4.69) is 15.3 Å². The maximum atomic E-state index is 12.8. The quantitative estimate of drug-likeness (QED) is 0.456. The van der Waals surface area contributed by atoms with Crippen LogP contribution >= 0.6 is 0 Å². The Labute approximate surface area is 207 Å². The normalized spacial score (nSPS) is 15.5. The summed E-state index contributed by atoms with van der Waals surface area (Å²) in [5.74, 6) is 5.25. The zero-order chi connectivity index (χ0) is 26.0. The third kappa shape index (κ3) is 5.14. The number of anilines is 1. The Morgan fingerprint density at radius 3 is 2.47 bits per heavy atom. The number of carboxylic acid groups (broad SMARTS) is 1. The zero-order valence-electron chi connectivity index (χ0n) is 20.3. The average molecular weight is 493 g/mol. The van der Waals surface area contributed by atoms with Crippen molar-refractivity contribution in [1.29, 1.82) is 0 Å². The van der Waals surface area contributed by atoms with Crippen molar-refractivity contribution in [3.63, 3.8) is 0 Å². The van der Waals surface area contributed by atoms with E-state index in [1.165, 1.54) is 4.90 Å². The van der Waals surface area contributed by atoms with Crippen LogP contribution < -0.4 is 11.2 Å². The van der Waals surface area contributed by atoms with Crippen LogP contribution in [-0.2, 0) is 4.74 Å². The van der Waals surface area contributed by atoms with Gasteiger partial charge in [0.1, 0.15) is 17.1 Å². The van der Waals surface area contributed by atoms with Gasteiger partial charge in [-0.05, 0) is 57.9 Å². The summed E-state index contributed by atoms with van der Waals surface area (Å²) < 4.78 is 6.53. The summed E-state index contributed by atoms with van der Waals surface area (Å²) in [5.41, 5.74) is 0.0822. The molecule has 1 aliphatic rings. The van der Waals surface area contributed by atoms with Crippen LogP contribution in [0, 0.1) is 0 Å². The van der Waals surface area contributed by atoms with E-state index in [1.807, 2.05) is 0 Å². The highest BCUT2D eigenvalue weighted by Crippen LogP contribution is 2.35. The number of imidazole rings is 1. The van der Waals surface area contributed by atoms with Crippen molar-refractivity contribution in [1.82, 2.24) is 19.5 Å². The van der Waals surface area contributed by atoms with E-state index in [9.17, 15) is 19.5 Å². The summed E-state index contributed by atoms with van der Waals surface area (Å²) in [6.45, 7) is 5.78. The highest BCUT2D eigenvalue weighted by atomic mass is 16.6. The molecule has 11 nitrogen and oxygen atoms in total. The summed E-state index contributed by atoms with van der Waals surface area (Å²) in [4.78, 5) is 47.5. The molecular weight excluding hydrogens is 464 g/mol. The number of nitrogen functional groups attached to an aromatic ring is 1. The molecule has 36 heavy (non-hydrogen) atoms. The number of rotatable bonds is 5. The van der Waals surface area contributed by atoms with Crippen LogP contribution in [0.1, 0.15) is 66.3 Å². The van der Waals surface area contributed by atoms with Crippen molar-refractivity contribution in [2.24, 2.45) is 0 Å². The van der Waals surface area contributed by atoms with Gasteiger partial charge in [0.15, 0.2) is 11.5 Å². The summed E-state index contributed by atoms with van der Waals surface area (Å²) in [6, 6.07) is 11.0. The minimum absolute atomic E-state index is 0.146. The van der Waals surface area contributed by atoms with Gasteiger partial charge in [0.05, 0.1) is 6.04 Å². The molecule has 0 unspecified atom stereocenters. The van der Waals surface area contributed by atoms with Crippen molar-refractivity contribution in [2.45, 2.75) is 45.3 Å². The molecule has 0 aliphatic carbocycles. The SMILES string of the molecule is CC(C)(C)OC(=O)N1CCC[C@H]1c1nc(-c2ccc(C(=O)Nc3ccccn3)cc2)c(C(=O)O)n1N. The van der Waals surface area contributed by atoms with Gasteiger partial charge in [-0.2, -0.15) is 0 Å². The Morgan fingerprint density at radius 1 is 1.14 bits per heavy atom. The van der Waals surface area contributed by atoms with E-state index in [1.54, 1.807) is 69.4 Å². The number of hydrogen-bond acceptors (Lipinski definition) is 7. The number of nitrogens with two attached hydrogens (primary N) is 1. The second-order valence-electron chi connectivity index (χ2n) is 9.42. The number of nitrogens with zero attached hydrogens (tertiary/aromatic N) is 4. The first-order valence-corrected chi connectivity index (χ1v) is 11.5. The van der Waals surface area contributed by atoms with E-state index in [-0.39, 0.29) is 23.1 Å². The van der Waals surface area contributed by atoms with Gasteiger partial charge in [0, 0.05) is 23.9 Å². The lowest BCUT2D eigenvalue weighted by molar-refractivity contribution is 0.0217. The van der Waals surface area contributed by atoms with Gasteiger partial charge in [-0.3, -0.25) is 9.69 Å². The molecule has 1 fully saturated rings. The molecule has 0 saturated carbocycles. The number of carboxylic acids is 1. The summed E-state index contributed by atoms with van der Waals surface area (Å²) in [5, 5.41) is 12.6. The number of aromatic nitrogens is 3. The Hall–Kier alpha value is -4.41. The van der Waals surface area contributed by atoms with E-state index < -0.39 is 23.7 Å². The molecule has 0 bridgehead atoms. The lowest BCUT2D eigenvalue weighted by Crippen LogP contribution is -2.37. The van der Waals surface area contributed by atoms with Crippen LogP contribution in [0.15, 0.2) is 48.7 Å². The molecular formula is C25H28N6O5. The van der Waals surface area contributed by atoms with E-state index >= 15 is 0 Å². The van der Waals surface area contributed by atoms with Crippen molar-refractivity contribution in [3.05, 3.63) is 65.7 Å². The van der Waals surface area contributed by atoms with E-state index in [4.69, 9.17) is 10.6 Å². The Bertz CT molecular complexity index is 1280. The fourth-order valence-electron chi connectivity index (χ4n) is 4.07. The Balaban J connectivity index is 1.63. The van der Waals surface area contributed by atoms with Gasteiger partial charge in [-0.25, -0.2) is 24.2 Å². The molecule has 2 aromatic heterocycles. The molecule has 188 valence electrons. The standard InChI is InChI=1S/C25H28N6O5/c1-25(2,3)36-24(35)30-14-6-7-17(30)21-29-19(20(23(33)34)31(21)26)15-9-11-16(12-10-15)22(32)28-18-8-4-5-13-27-18/h4-5,8-13,17H,6-7,14,26H2,1-3H3,(H,33,34)(H,27,28,32)/t17-/m0/s1. The molecule has 2 amide bonds. The first-order valence-electron chi connectivity index (χ1n) is 11.5. The first-order chi connectivity index (χ1) is 17.0. The number of aromatic carboxylic acids is 1. The van der Waals surface area contributed by atoms with Crippen molar-refractivity contribution < 1.29 is 24.2 Å². The number of hydrogen-bond donors (Lipinski definition) is 3. The minimum Gasteiger partial charge on any atom is -0.476 e. The van der Waals surface area contributed by atoms with Crippen molar-refractivity contribution >= 4 is 23.8 Å². The van der Waals surface area contributed by atoms with E-state index in [0.29, 0.717) is 36.3 Å². The van der Waals surface area contributed by atoms with Gasteiger partial charge in [-0.1, -0.05) is 18.2 Å². The monoisotopic (exact) mass is 492 g/mol. The lowest BCUT2D eigenvalue weighted by atomic mass is 10.1. The zero-order valence-corrected chi connectivity index (χ0v) is 20.3. The van der Waals surface area contributed by atoms with Gasteiger partial charge >= 0.3 is 12.1 Å². The predicted octanol–water partition coefficient (Wildman–Crippen LogP) is 3.68. The molecule has 4 rings (SSSR count). The van der Waals surface area contributed by atoms with Crippen LogP contribution in [0.2, 0.25) is 0 Å². The molecule has 3 heterocycles. The van der Waals surface area contributed by atoms with Crippen LogP contribution in [0.25, 0.3) is 11.3 Å².